The lowest BCUT2D eigenvalue weighted by molar-refractivity contribution is -0.145. The lowest BCUT2D eigenvalue weighted by atomic mass is 10.2. The standard InChI is InChI=1S/C12H15N3O6/c1-21-9-4-7(2-3-13-9)6-14-12(20)15-8(11(18)19)5-10(16)17/h2-4,8H,5-6H2,1H3,(H,16,17)(H,18,19)(H2,14,15,20). The van der Waals surface area contributed by atoms with Gasteiger partial charge in [-0.1, -0.05) is 0 Å². The highest BCUT2D eigenvalue weighted by Gasteiger charge is 2.22. The Morgan fingerprint density at radius 1 is 1.38 bits per heavy atom. The first-order chi connectivity index (χ1) is 9.92. The molecule has 0 saturated heterocycles. The quantitative estimate of drug-likeness (QED) is 0.547. The molecule has 0 spiro atoms. The Bertz CT molecular complexity index is 533. The van der Waals surface area contributed by atoms with Gasteiger partial charge in [0.2, 0.25) is 5.88 Å². The molecule has 0 aromatic carbocycles. The summed E-state index contributed by atoms with van der Waals surface area (Å²) in [4.78, 5) is 36.7. The molecular weight excluding hydrogens is 282 g/mol. The number of carboxylic acids is 2. The minimum absolute atomic E-state index is 0.115. The van der Waals surface area contributed by atoms with Crippen LogP contribution in [0.15, 0.2) is 18.3 Å². The van der Waals surface area contributed by atoms with Crippen LogP contribution in [0, 0.1) is 0 Å². The highest BCUT2D eigenvalue weighted by atomic mass is 16.5. The fourth-order valence-corrected chi connectivity index (χ4v) is 1.44. The topological polar surface area (TPSA) is 138 Å². The van der Waals surface area contributed by atoms with Gasteiger partial charge in [-0.25, -0.2) is 14.6 Å². The van der Waals surface area contributed by atoms with E-state index < -0.39 is 30.4 Å². The van der Waals surface area contributed by atoms with Gasteiger partial charge in [-0.2, -0.15) is 0 Å². The third kappa shape index (κ3) is 5.76. The monoisotopic (exact) mass is 297 g/mol. The number of amides is 2. The van der Waals surface area contributed by atoms with Gasteiger partial charge in [-0.3, -0.25) is 4.79 Å². The van der Waals surface area contributed by atoms with Crippen LogP contribution < -0.4 is 15.4 Å². The van der Waals surface area contributed by atoms with E-state index in [2.05, 4.69) is 15.6 Å². The number of hydrogen-bond acceptors (Lipinski definition) is 5. The second kappa shape index (κ2) is 7.68. The SMILES string of the molecule is COc1cc(CNC(=O)NC(CC(=O)O)C(=O)O)ccn1. The van der Waals surface area contributed by atoms with Crippen molar-refractivity contribution >= 4 is 18.0 Å². The van der Waals surface area contributed by atoms with Gasteiger partial charge < -0.3 is 25.6 Å². The van der Waals surface area contributed by atoms with Crippen molar-refractivity contribution in [3.63, 3.8) is 0 Å². The molecule has 2 amide bonds. The minimum Gasteiger partial charge on any atom is -0.481 e. The number of carbonyl (C=O) groups excluding carboxylic acids is 1. The molecule has 1 atom stereocenters. The number of carbonyl (C=O) groups is 3. The van der Waals surface area contributed by atoms with Crippen LogP contribution in [-0.2, 0) is 16.1 Å². The summed E-state index contributed by atoms with van der Waals surface area (Å²) in [6.45, 7) is 0.115. The summed E-state index contributed by atoms with van der Waals surface area (Å²) in [5.74, 6) is -2.36. The van der Waals surface area contributed by atoms with Gasteiger partial charge in [-0.05, 0) is 11.6 Å². The van der Waals surface area contributed by atoms with Crippen LogP contribution in [-0.4, -0.2) is 46.3 Å². The van der Waals surface area contributed by atoms with E-state index in [0.29, 0.717) is 11.4 Å². The van der Waals surface area contributed by atoms with Crippen molar-refractivity contribution in [1.29, 1.82) is 0 Å². The first kappa shape index (κ1) is 16.2. The number of aliphatic carboxylic acids is 2. The number of ether oxygens (including phenoxy) is 1. The molecule has 0 aliphatic carbocycles. The molecule has 0 aliphatic heterocycles. The van der Waals surface area contributed by atoms with Crippen LogP contribution in [0.1, 0.15) is 12.0 Å². The number of methoxy groups -OCH3 is 1. The van der Waals surface area contributed by atoms with E-state index in [1.807, 2.05) is 0 Å². The Kier molecular flexibility index (Phi) is 5.93. The number of rotatable bonds is 7. The van der Waals surface area contributed by atoms with E-state index in [4.69, 9.17) is 14.9 Å². The average Bonchev–Trinajstić information content (AvgIpc) is 2.44. The number of urea groups is 1. The number of pyridine rings is 1. The first-order valence-electron chi connectivity index (χ1n) is 5.90. The smallest absolute Gasteiger partial charge is 0.326 e. The third-order valence-corrected chi connectivity index (χ3v) is 2.44. The normalized spacial score (nSPS) is 11.3. The fourth-order valence-electron chi connectivity index (χ4n) is 1.44. The van der Waals surface area contributed by atoms with Crippen molar-refractivity contribution in [2.75, 3.05) is 7.11 Å². The van der Waals surface area contributed by atoms with Gasteiger partial charge in [0.1, 0.15) is 6.04 Å². The first-order valence-corrected chi connectivity index (χ1v) is 5.90. The molecule has 0 bridgehead atoms. The van der Waals surface area contributed by atoms with Crippen molar-refractivity contribution in [3.8, 4) is 5.88 Å². The predicted molar refractivity (Wildman–Crippen MR) is 69.8 cm³/mol. The highest BCUT2D eigenvalue weighted by Crippen LogP contribution is 2.07. The number of nitrogens with one attached hydrogen (secondary N) is 2. The summed E-state index contributed by atoms with van der Waals surface area (Å²) in [6, 6.07) is 0.981. The maximum Gasteiger partial charge on any atom is 0.326 e. The molecule has 1 aromatic heterocycles. The summed E-state index contributed by atoms with van der Waals surface area (Å²) in [5.41, 5.74) is 0.696. The van der Waals surface area contributed by atoms with Crippen molar-refractivity contribution in [1.82, 2.24) is 15.6 Å². The lowest BCUT2D eigenvalue weighted by Crippen LogP contribution is -2.46. The highest BCUT2D eigenvalue weighted by molar-refractivity contribution is 5.86. The second-order valence-electron chi connectivity index (χ2n) is 4.02. The zero-order valence-electron chi connectivity index (χ0n) is 11.2. The maximum atomic E-state index is 11.5. The molecule has 0 radical (unpaired) electrons. The third-order valence-electron chi connectivity index (χ3n) is 2.44. The predicted octanol–water partition coefficient (Wildman–Crippen LogP) is -0.183. The molecule has 9 heteroatoms. The van der Waals surface area contributed by atoms with E-state index >= 15 is 0 Å². The summed E-state index contributed by atoms with van der Waals surface area (Å²) >= 11 is 0. The molecule has 1 aromatic rings. The van der Waals surface area contributed by atoms with Gasteiger partial charge >= 0.3 is 18.0 Å². The lowest BCUT2D eigenvalue weighted by Gasteiger charge is -2.13. The maximum absolute atomic E-state index is 11.5. The average molecular weight is 297 g/mol. The Hall–Kier alpha value is -2.84. The summed E-state index contributed by atoms with van der Waals surface area (Å²) in [7, 11) is 1.45. The van der Waals surface area contributed by atoms with Gasteiger partial charge in [0, 0.05) is 18.8 Å². The van der Waals surface area contributed by atoms with Crippen molar-refractivity contribution in [3.05, 3.63) is 23.9 Å². The number of aromatic nitrogens is 1. The van der Waals surface area contributed by atoms with Crippen LogP contribution in [0.5, 0.6) is 5.88 Å². The van der Waals surface area contributed by atoms with Gasteiger partial charge in [0.05, 0.1) is 13.5 Å². The largest absolute Gasteiger partial charge is 0.481 e. The van der Waals surface area contributed by atoms with E-state index in [9.17, 15) is 14.4 Å². The van der Waals surface area contributed by atoms with Crippen LogP contribution in [0.2, 0.25) is 0 Å². The minimum atomic E-state index is -1.49. The Labute approximate surface area is 119 Å². The van der Waals surface area contributed by atoms with Gasteiger partial charge in [-0.15, -0.1) is 0 Å². The molecule has 1 rings (SSSR count). The van der Waals surface area contributed by atoms with Crippen molar-refractivity contribution in [2.45, 2.75) is 19.0 Å². The second-order valence-corrected chi connectivity index (χ2v) is 4.02. The zero-order chi connectivity index (χ0) is 15.8. The molecule has 1 heterocycles. The van der Waals surface area contributed by atoms with Gasteiger partial charge in [0.25, 0.3) is 0 Å². The van der Waals surface area contributed by atoms with Crippen molar-refractivity contribution < 1.29 is 29.3 Å². The molecule has 4 N–H and O–H groups in total. The van der Waals surface area contributed by atoms with E-state index in [1.165, 1.54) is 13.3 Å². The Morgan fingerprint density at radius 3 is 2.67 bits per heavy atom. The number of hydrogen-bond donors (Lipinski definition) is 4. The van der Waals surface area contributed by atoms with E-state index in [0.717, 1.165) is 0 Å². The Morgan fingerprint density at radius 2 is 2.10 bits per heavy atom. The van der Waals surface area contributed by atoms with Crippen LogP contribution in [0.4, 0.5) is 4.79 Å². The molecule has 1 unspecified atom stereocenters. The summed E-state index contributed by atoms with van der Waals surface area (Å²) in [5, 5.41) is 21.8. The molecule has 21 heavy (non-hydrogen) atoms. The van der Waals surface area contributed by atoms with E-state index in [-0.39, 0.29) is 6.54 Å². The van der Waals surface area contributed by atoms with E-state index in [1.54, 1.807) is 12.1 Å². The molecule has 9 nitrogen and oxygen atoms in total. The van der Waals surface area contributed by atoms with Crippen molar-refractivity contribution in [2.24, 2.45) is 0 Å². The molecule has 0 aliphatic rings. The summed E-state index contributed by atoms with van der Waals surface area (Å²) in [6.07, 6.45) is 0.796. The van der Waals surface area contributed by atoms with Gasteiger partial charge in [0.15, 0.2) is 0 Å². The molecule has 0 saturated carbocycles. The summed E-state index contributed by atoms with van der Waals surface area (Å²) < 4.78 is 4.92. The van der Waals surface area contributed by atoms with Crippen LogP contribution in [0.25, 0.3) is 0 Å². The zero-order valence-corrected chi connectivity index (χ0v) is 11.2. The molecule has 114 valence electrons. The molecular formula is C12H15N3O6. The van der Waals surface area contributed by atoms with Crippen LogP contribution >= 0.6 is 0 Å². The molecule has 0 fully saturated rings. The fraction of sp³-hybridized carbons (Fsp3) is 0.333. The Balaban J connectivity index is 2.52. The number of carboxylic acid groups (broad SMARTS) is 2. The number of nitrogens with zero attached hydrogens (tertiary/aromatic N) is 1. The van der Waals surface area contributed by atoms with Crippen LogP contribution in [0.3, 0.4) is 0 Å².